The smallest absolute Gasteiger partial charge is 0.264 e. The maximum absolute atomic E-state index is 11.2. The average molecular weight is 777 g/mol. The van der Waals surface area contributed by atoms with Crippen LogP contribution in [0.15, 0.2) is 134 Å². The van der Waals surface area contributed by atoms with Crippen LogP contribution in [0.1, 0.15) is 18.6 Å². The van der Waals surface area contributed by atoms with Crippen LogP contribution in [0.2, 0.25) is 0 Å². The van der Waals surface area contributed by atoms with Crippen LogP contribution < -0.4 is 10.6 Å². The van der Waals surface area contributed by atoms with E-state index in [4.69, 9.17) is 4.18 Å². The summed E-state index contributed by atoms with van der Waals surface area (Å²) in [6.45, 7) is 0.00335. The number of aromatic nitrogens is 8. The minimum atomic E-state index is -3.49. The molecule has 0 spiro atoms. The van der Waals surface area contributed by atoms with E-state index in [9.17, 15) is 13.5 Å². The van der Waals surface area contributed by atoms with Gasteiger partial charge in [0.2, 0.25) is 0 Å². The minimum Gasteiger partial charge on any atom is -0.392 e. The fourth-order valence-corrected chi connectivity index (χ4v) is 6.96. The molecule has 4 aromatic heterocycles. The maximum atomic E-state index is 11.2. The molecule has 14 nitrogen and oxygen atoms in total. The van der Waals surface area contributed by atoms with Crippen LogP contribution in [0.5, 0.6) is 0 Å². The van der Waals surface area contributed by atoms with Crippen LogP contribution in [-0.2, 0) is 27.5 Å². The number of anilines is 4. The quantitative estimate of drug-likeness (QED) is 0.141. The molecule has 0 radical (unpaired) electrons. The molecule has 57 heavy (non-hydrogen) atoms. The molecule has 0 atom stereocenters. The van der Waals surface area contributed by atoms with Gasteiger partial charge in [-0.15, -0.1) is 20.4 Å². The molecule has 15 heteroatoms. The molecule has 0 saturated heterocycles. The second-order valence-electron chi connectivity index (χ2n) is 13.0. The first-order valence-electron chi connectivity index (χ1n) is 17.5. The Morgan fingerprint density at radius 1 is 0.579 bits per heavy atom. The number of para-hydroxylation sites is 2. The molecule has 2 aliphatic rings. The Bertz CT molecular complexity index is 2840. The molecule has 2 aliphatic heterocycles. The highest BCUT2D eigenvalue weighted by Crippen LogP contribution is 2.40. The Balaban J connectivity index is 0.000000158. The number of rotatable bonds is 6. The van der Waals surface area contributed by atoms with Crippen LogP contribution in [0.25, 0.3) is 56.9 Å². The van der Waals surface area contributed by atoms with Gasteiger partial charge in [0, 0.05) is 34.6 Å². The van der Waals surface area contributed by atoms with Crippen molar-refractivity contribution in [3.05, 3.63) is 145 Å². The van der Waals surface area contributed by atoms with E-state index >= 15 is 0 Å². The zero-order chi connectivity index (χ0) is 38.2. The molecule has 6 heterocycles. The summed E-state index contributed by atoms with van der Waals surface area (Å²) in [5.74, 6) is 4.34. The molecular weight excluding hydrogens is 741 g/mol. The van der Waals surface area contributed by atoms with Crippen molar-refractivity contribution in [2.24, 2.45) is 0 Å². The van der Waals surface area contributed by atoms with Crippen LogP contribution in [0.4, 0.5) is 23.0 Å². The van der Waals surface area contributed by atoms with Gasteiger partial charge in [0.05, 0.1) is 42.2 Å². The minimum absolute atomic E-state index is 0. The van der Waals surface area contributed by atoms with E-state index in [0.29, 0.717) is 17.5 Å². The van der Waals surface area contributed by atoms with Gasteiger partial charge < -0.3 is 15.7 Å². The second-order valence-corrected chi connectivity index (χ2v) is 14.6. The zero-order valence-corrected chi connectivity index (χ0v) is 30.6. The SMILES string of the molecule is C.CS(=O)(=O)OCc1ccc(-c2nnc3n2-c2cccnc2Nc2ccccc2-3)cc1.OCc1ccc(-c2nnc3n2-c2cccnc2Nc2ccccc2-3)cc1. The number of fused-ring (bicyclic) bond motifs is 10. The number of benzene rings is 4. The Labute approximate surface area is 328 Å². The van der Waals surface area contributed by atoms with Crippen molar-refractivity contribution < 1.29 is 17.7 Å². The van der Waals surface area contributed by atoms with Crippen LogP contribution in [0.3, 0.4) is 0 Å². The molecule has 8 aromatic rings. The Kier molecular flexibility index (Phi) is 9.85. The first-order valence-corrected chi connectivity index (χ1v) is 19.3. The molecule has 0 bridgehead atoms. The van der Waals surface area contributed by atoms with Gasteiger partial charge in [0.15, 0.2) is 34.9 Å². The lowest BCUT2D eigenvalue weighted by molar-refractivity contribution is 0.282. The number of aliphatic hydroxyl groups excluding tert-OH is 1. The normalized spacial score (nSPS) is 11.8. The fourth-order valence-electron chi connectivity index (χ4n) is 6.61. The molecule has 3 N–H and O–H groups in total. The predicted octanol–water partition coefficient (Wildman–Crippen LogP) is 7.71. The largest absolute Gasteiger partial charge is 0.392 e. The highest BCUT2D eigenvalue weighted by Gasteiger charge is 2.26. The van der Waals surface area contributed by atoms with Gasteiger partial charge in [0.1, 0.15) is 0 Å². The first kappa shape index (κ1) is 36.9. The predicted molar refractivity (Wildman–Crippen MR) is 219 cm³/mol. The van der Waals surface area contributed by atoms with Gasteiger partial charge in [-0.05, 0) is 59.7 Å². The van der Waals surface area contributed by atoms with Crippen molar-refractivity contribution in [3.63, 3.8) is 0 Å². The van der Waals surface area contributed by atoms with Crippen molar-refractivity contribution in [2.45, 2.75) is 20.6 Å². The number of pyridine rings is 2. The monoisotopic (exact) mass is 776 g/mol. The summed E-state index contributed by atoms with van der Waals surface area (Å²) in [6, 6.07) is 38.7. The van der Waals surface area contributed by atoms with E-state index in [2.05, 4.69) is 41.0 Å². The molecule has 0 aliphatic carbocycles. The third kappa shape index (κ3) is 7.13. The molecule has 0 fully saturated rings. The lowest BCUT2D eigenvalue weighted by atomic mass is 10.1. The van der Waals surface area contributed by atoms with E-state index in [1.54, 1.807) is 12.4 Å². The zero-order valence-electron chi connectivity index (χ0n) is 29.8. The van der Waals surface area contributed by atoms with Gasteiger partial charge in [-0.1, -0.05) is 80.2 Å². The molecule has 0 amide bonds. The summed E-state index contributed by atoms with van der Waals surface area (Å²) >= 11 is 0. The molecule has 4 aromatic carbocycles. The topological polar surface area (TPSA) is 175 Å². The molecule has 284 valence electrons. The molecular formula is C42H36N10O4S. The summed E-state index contributed by atoms with van der Waals surface area (Å²) < 4.78 is 31.3. The summed E-state index contributed by atoms with van der Waals surface area (Å²) in [4.78, 5) is 8.99. The number of aliphatic hydroxyl groups is 1. The van der Waals surface area contributed by atoms with E-state index in [1.807, 2.05) is 130 Å². The van der Waals surface area contributed by atoms with Gasteiger partial charge in [-0.3, -0.25) is 13.3 Å². The summed E-state index contributed by atoms with van der Waals surface area (Å²) in [6.07, 6.45) is 4.53. The number of nitrogens with one attached hydrogen (secondary N) is 2. The van der Waals surface area contributed by atoms with Crippen LogP contribution in [-0.4, -0.2) is 59.3 Å². The maximum Gasteiger partial charge on any atom is 0.264 e. The summed E-state index contributed by atoms with van der Waals surface area (Å²) in [7, 11) is -3.49. The van der Waals surface area contributed by atoms with Crippen LogP contribution in [0, 0.1) is 0 Å². The van der Waals surface area contributed by atoms with Gasteiger partial charge in [-0.2, -0.15) is 8.42 Å². The van der Waals surface area contributed by atoms with Crippen molar-refractivity contribution in [3.8, 4) is 56.9 Å². The Morgan fingerprint density at radius 3 is 1.47 bits per heavy atom. The van der Waals surface area contributed by atoms with Gasteiger partial charge in [0.25, 0.3) is 10.1 Å². The number of hydrogen-bond donors (Lipinski definition) is 3. The van der Waals surface area contributed by atoms with E-state index < -0.39 is 10.1 Å². The highest BCUT2D eigenvalue weighted by atomic mass is 32.2. The van der Waals surface area contributed by atoms with E-state index in [0.717, 1.165) is 79.9 Å². The van der Waals surface area contributed by atoms with Crippen molar-refractivity contribution in [1.82, 2.24) is 39.5 Å². The molecule has 0 saturated carbocycles. The third-order valence-electron chi connectivity index (χ3n) is 9.27. The van der Waals surface area contributed by atoms with Crippen molar-refractivity contribution in [2.75, 3.05) is 16.9 Å². The molecule has 10 rings (SSSR count). The first-order chi connectivity index (χ1) is 27.3. The third-order valence-corrected chi connectivity index (χ3v) is 9.82. The highest BCUT2D eigenvalue weighted by molar-refractivity contribution is 7.85. The van der Waals surface area contributed by atoms with Gasteiger partial charge in [-0.25, -0.2) is 9.97 Å². The summed E-state index contributed by atoms with van der Waals surface area (Å²) in [5.41, 5.74) is 8.85. The number of nitrogens with zero attached hydrogens (tertiary/aromatic N) is 8. The lowest BCUT2D eigenvalue weighted by Crippen LogP contribution is -2.03. The van der Waals surface area contributed by atoms with Gasteiger partial charge >= 0.3 is 0 Å². The standard InChI is InChI=1S/C21H17N5O3S.C20H15N5O.CH4/c1-30(27,28)29-13-14-8-10-15(11-9-14)20-24-25-21-16-5-2-3-6-17(16)23-19-18(26(20)21)7-4-12-22-19;26-12-13-7-9-14(10-8-13)19-23-24-20-15-4-1-2-5-16(15)22-18-17(25(19)20)6-3-11-21-18;/h2-12H,13H2,1H3,(H,22,23);1-11,26H,12H2,(H,21,22);1H4. The number of hydrogen-bond acceptors (Lipinski definition) is 12. The second kappa shape index (κ2) is 15.2. The Morgan fingerprint density at radius 2 is 1.02 bits per heavy atom. The average Bonchev–Trinajstić information content (AvgIpc) is 3.80. The van der Waals surface area contributed by atoms with E-state index in [-0.39, 0.29) is 20.6 Å². The van der Waals surface area contributed by atoms with Crippen LogP contribution >= 0.6 is 0 Å². The Hall–Kier alpha value is -7.07. The van der Waals surface area contributed by atoms with Crippen molar-refractivity contribution in [1.29, 1.82) is 0 Å². The van der Waals surface area contributed by atoms with E-state index in [1.165, 1.54) is 0 Å². The molecule has 0 unspecified atom stereocenters. The lowest BCUT2D eigenvalue weighted by Gasteiger charge is -2.11. The fraction of sp³-hybridized carbons (Fsp3) is 0.0952. The summed E-state index contributed by atoms with van der Waals surface area (Å²) in [5, 5.41) is 33.9. The van der Waals surface area contributed by atoms with Crippen molar-refractivity contribution >= 4 is 33.1 Å².